The zero-order chi connectivity index (χ0) is 16.1. The maximum Gasteiger partial charge on any atom is 0.311 e. The number of nitrogens with two attached hydrogens (primary N) is 1. The van der Waals surface area contributed by atoms with E-state index in [1.807, 2.05) is 0 Å². The van der Waals surface area contributed by atoms with Crippen LogP contribution in [0.2, 0.25) is 0 Å². The lowest BCUT2D eigenvalue weighted by molar-refractivity contribution is -0.548. The summed E-state index contributed by atoms with van der Waals surface area (Å²) in [5.74, 6) is -3.95. The number of aliphatic imine (C=N–C) groups is 1. The predicted octanol–water partition coefficient (Wildman–Crippen LogP) is -5.52. The summed E-state index contributed by atoms with van der Waals surface area (Å²) in [4.78, 5) is 3.70. The van der Waals surface area contributed by atoms with Crippen molar-refractivity contribution in [1.29, 1.82) is 0 Å². The van der Waals surface area contributed by atoms with Crippen molar-refractivity contribution in [3.8, 4) is 0 Å². The molecule has 4 bridgehead atoms. The van der Waals surface area contributed by atoms with Gasteiger partial charge in [0.15, 0.2) is 18.3 Å². The van der Waals surface area contributed by atoms with Crippen LogP contribution in [-0.4, -0.2) is 91.0 Å². The van der Waals surface area contributed by atoms with Crippen LogP contribution in [0.3, 0.4) is 0 Å². The summed E-state index contributed by atoms with van der Waals surface area (Å²) < 4.78 is 10.3. The third kappa shape index (κ3) is 1.28. The van der Waals surface area contributed by atoms with E-state index in [1.54, 1.807) is 0 Å². The molecule has 124 valence electrons. The van der Waals surface area contributed by atoms with Gasteiger partial charge in [0, 0.05) is 0 Å². The van der Waals surface area contributed by atoms with Crippen molar-refractivity contribution in [2.24, 2.45) is 16.6 Å². The molecule has 22 heavy (non-hydrogen) atoms. The maximum absolute atomic E-state index is 10.6. The van der Waals surface area contributed by atoms with Crippen LogP contribution < -0.4 is 11.1 Å². The molecule has 1 saturated carbocycles. The van der Waals surface area contributed by atoms with Crippen LogP contribution >= 0.6 is 0 Å². The van der Waals surface area contributed by atoms with E-state index in [0.717, 1.165) is 0 Å². The molecule has 9 N–H and O–H groups in total. The van der Waals surface area contributed by atoms with E-state index in [-0.39, 0.29) is 5.96 Å². The monoisotopic (exact) mass is 319 g/mol. The van der Waals surface area contributed by atoms with E-state index in [0.29, 0.717) is 0 Å². The Morgan fingerprint density at radius 1 is 1.18 bits per heavy atom. The van der Waals surface area contributed by atoms with Crippen molar-refractivity contribution in [2.45, 2.75) is 47.8 Å². The van der Waals surface area contributed by atoms with Gasteiger partial charge in [0.1, 0.15) is 29.5 Å². The quantitative estimate of drug-likeness (QED) is 0.231. The van der Waals surface area contributed by atoms with Crippen LogP contribution in [0.1, 0.15) is 0 Å². The average molecular weight is 319 g/mol. The second-order valence-electron chi connectivity index (χ2n) is 6.22. The summed E-state index contributed by atoms with van der Waals surface area (Å²) in [5.41, 5.74) is 1.74. The van der Waals surface area contributed by atoms with Crippen LogP contribution in [0.5, 0.6) is 0 Å². The van der Waals surface area contributed by atoms with Gasteiger partial charge in [0.2, 0.25) is 0 Å². The first kappa shape index (κ1) is 14.5. The first-order chi connectivity index (χ1) is 10.2. The molecule has 3 saturated heterocycles. The molecule has 4 heterocycles. The zero-order valence-corrected chi connectivity index (χ0v) is 11.2. The van der Waals surface area contributed by atoms with Gasteiger partial charge in [0.25, 0.3) is 0 Å². The van der Waals surface area contributed by atoms with Crippen molar-refractivity contribution < 1.29 is 40.1 Å². The summed E-state index contributed by atoms with van der Waals surface area (Å²) in [7, 11) is 0. The number of nitrogens with one attached hydrogen (secondary N) is 1. The maximum atomic E-state index is 10.6. The number of guanidine groups is 1. The molecule has 9 atom stereocenters. The van der Waals surface area contributed by atoms with Gasteiger partial charge in [-0.1, -0.05) is 0 Å². The lowest BCUT2D eigenvalue weighted by atomic mass is 9.55. The number of hydrogen-bond acceptors (Lipinski definition) is 11. The van der Waals surface area contributed by atoms with Crippen molar-refractivity contribution in [3.63, 3.8) is 0 Å². The van der Waals surface area contributed by atoms with Crippen LogP contribution in [-0.2, 0) is 9.47 Å². The number of aliphatic hydroxyl groups excluding tert-OH is 4. The largest absolute Gasteiger partial charge is 0.393 e. The third-order valence-corrected chi connectivity index (χ3v) is 5.22. The van der Waals surface area contributed by atoms with Gasteiger partial charge in [-0.25, -0.2) is 4.99 Å². The van der Waals surface area contributed by atoms with E-state index in [9.17, 15) is 30.6 Å². The highest BCUT2D eigenvalue weighted by Crippen LogP contribution is 2.58. The highest BCUT2D eigenvalue weighted by molar-refractivity contribution is 5.80. The smallest absolute Gasteiger partial charge is 0.311 e. The third-order valence-electron chi connectivity index (χ3n) is 5.22. The molecule has 11 heteroatoms. The molecular formula is C11H17N3O8. The van der Waals surface area contributed by atoms with Crippen LogP contribution in [0.15, 0.2) is 4.99 Å². The molecule has 4 fully saturated rings. The van der Waals surface area contributed by atoms with Gasteiger partial charge in [-0.2, -0.15) is 0 Å². The molecule has 0 radical (unpaired) electrons. The summed E-state index contributed by atoms with van der Waals surface area (Å²) >= 11 is 0. The molecule has 5 rings (SSSR count). The Kier molecular flexibility index (Phi) is 2.57. The highest BCUT2D eigenvalue weighted by atomic mass is 16.9. The van der Waals surface area contributed by atoms with Gasteiger partial charge >= 0.3 is 5.97 Å². The highest BCUT2D eigenvalue weighted by Gasteiger charge is 2.82. The second-order valence-corrected chi connectivity index (χ2v) is 6.22. The van der Waals surface area contributed by atoms with Gasteiger partial charge in [-0.3, -0.25) is 0 Å². The number of ether oxygens (including phenoxy) is 2. The molecule has 1 aliphatic carbocycles. The predicted molar refractivity (Wildman–Crippen MR) is 65.7 cm³/mol. The Labute approximate surface area is 123 Å². The fraction of sp³-hybridized carbons (Fsp3) is 0.909. The topological polar surface area (TPSA) is 190 Å². The Morgan fingerprint density at radius 3 is 2.45 bits per heavy atom. The summed E-state index contributed by atoms with van der Waals surface area (Å²) in [6.45, 7) is -0.857. The zero-order valence-electron chi connectivity index (χ0n) is 11.2. The van der Waals surface area contributed by atoms with Crippen LogP contribution in [0.25, 0.3) is 0 Å². The molecule has 4 aliphatic heterocycles. The molecule has 0 amide bonds. The number of rotatable bonds is 1. The number of aliphatic hydroxyl groups is 6. The Bertz CT molecular complexity index is 561. The SMILES string of the molecule is NC1=N[C@H](O)[C@H]2[C@@H]3O[C@@]4(O)O[C@H]([C@H](O)C2(N1)C4O)[C@]3(O)CO. The van der Waals surface area contributed by atoms with E-state index >= 15 is 0 Å². The number of hydrogen-bond donors (Lipinski definition) is 8. The minimum absolute atomic E-state index is 0.250. The van der Waals surface area contributed by atoms with Crippen molar-refractivity contribution >= 4 is 5.96 Å². The molecule has 2 unspecified atom stereocenters. The molecule has 1 spiro atoms. The lowest BCUT2D eigenvalue weighted by Crippen LogP contribution is -2.95. The van der Waals surface area contributed by atoms with Gasteiger partial charge in [0.05, 0.1) is 12.5 Å². The lowest BCUT2D eigenvalue weighted by Gasteiger charge is -2.71. The minimum atomic E-state index is -2.52. The Balaban J connectivity index is 1.95. The number of nitrogens with zero attached hydrogens (tertiary/aromatic N) is 1. The fourth-order valence-corrected chi connectivity index (χ4v) is 4.24. The standard InChI is InChI=1S/C11H17N3O8/c12-8-13-6(17)2-4-9(19,1-15)5-3(16)10(2,14-8)7(18)11(20,21-4)22-5/h2-7,15-20H,1H2,(H3,12,13,14)/t2-,3+,4+,5-,6-,7?,9+,10?,11-/m1/s1. The molecule has 0 aromatic carbocycles. The van der Waals surface area contributed by atoms with E-state index < -0.39 is 60.3 Å². The summed E-state index contributed by atoms with van der Waals surface area (Å²) in [5, 5.41) is 64.3. The van der Waals surface area contributed by atoms with Crippen LogP contribution in [0.4, 0.5) is 0 Å². The van der Waals surface area contributed by atoms with E-state index in [1.165, 1.54) is 0 Å². The van der Waals surface area contributed by atoms with Crippen molar-refractivity contribution in [2.75, 3.05) is 6.61 Å². The second kappa shape index (κ2) is 3.88. The first-order valence-electron chi connectivity index (χ1n) is 6.77. The summed E-state index contributed by atoms with van der Waals surface area (Å²) in [6.07, 6.45) is -7.77. The molecular weight excluding hydrogens is 302 g/mol. The first-order valence-corrected chi connectivity index (χ1v) is 6.77. The van der Waals surface area contributed by atoms with Gasteiger partial charge in [-0.05, 0) is 0 Å². The molecule has 11 nitrogen and oxygen atoms in total. The molecule has 5 aliphatic rings. The summed E-state index contributed by atoms with van der Waals surface area (Å²) in [6, 6.07) is 0. The normalized spacial score (nSPS) is 62.4. The van der Waals surface area contributed by atoms with Crippen molar-refractivity contribution in [3.05, 3.63) is 0 Å². The minimum Gasteiger partial charge on any atom is -0.393 e. The van der Waals surface area contributed by atoms with Gasteiger partial charge in [-0.15, -0.1) is 0 Å². The fourth-order valence-electron chi connectivity index (χ4n) is 4.24. The van der Waals surface area contributed by atoms with Gasteiger partial charge < -0.3 is 51.2 Å². The molecule has 0 aromatic heterocycles. The molecule has 0 aromatic rings. The Morgan fingerprint density at radius 2 is 1.82 bits per heavy atom. The van der Waals surface area contributed by atoms with Crippen LogP contribution in [0, 0.1) is 5.92 Å². The Hall–Kier alpha value is -1.05. The van der Waals surface area contributed by atoms with E-state index in [4.69, 9.17) is 15.2 Å². The average Bonchev–Trinajstić information content (AvgIpc) is 2.45. The van der Waals surface area contributed by atoms with E-state index in [2.05, 4.69) is 10.3 Å². The van der Waals surface area contributed by atoms with Crippen molar-refractivity contribution in [1.82, 2.24) is 5.32 Å².